The normalized spacial score (nSPS) is 12.1. The van der Waals surface area contributed by atoms with Crippen molar-refractivity contribution in [2.24, 2.45) is 0 Å². The minimum absolute atomic E-state index is 0.257. The molecule has 2 aromatic heterocycles. The van der Waals surface area contributed by atoms with Crippen LogP contribution < -0.4 is 0 Å². The lowest BCUT2D eigenvalue weighted by atomic mass is 10.1. The quantitative estimate of drug-likeness (QED) is 0.720. The van der Waals surface area contributed by atoms with Gasteiger partial charge in [-0.2, -0.15) is 4.98 Å². The SMILES string of the molecule is CS(=O)(=O)c1nc2ccc(-c3cscn3)cc2o1. The van der Waals surface area contributed by atoms with Gasteiger partial charge in [0.05, 0.1) is 11.2 Å². The predicted molar refractivity (Wildman–Crippen MR) is 68.2 cm³/mol. The van der Waals surface area contributed by atoms with Gasteiger partial charge < -0.3 is 4.42 Å². The third-order valence-electron chi connectivity index (χ3n) is 2.41. The van der Waals surface area contributed by atoms with Crippen molar-refractivity contribution in [2.45, 2.75) is 5.22 Å². The number of benzene rings is 1. The molecule has 5 nitrogen and oxygen atoms in total. The molecule has 0 aliphatic rings. The summed E-state index contributed by atoms with van der Waals surface area (Å²) in [5.74, 6) is 0. The fraction of sp³-hybridized carbons (Fsp3) is 0.0909. The van der Waals surface area contributed by atoms with Crippen molar-refractivity contribution in [2.75, 3.05) is 6.26 Å². The van der Waals surface area contributed by atoms with Gasteiger partial charge in [0.15, 0.2) is 5.58 Å². The van der Waals surface area contributed by atoms with E-state index in [1.807, 2.05) is 11.4 Å². The molecule has 7 heteroatoms. The zero-order chi connectivity index (χ0) is 12.8. The summed E-state index contributed by atoms with van der Waals surface area (Å²) in [6.45, 7) is 0. The molecule has 3 rings (SSSR count). The number of oxazole rings is 1. The molecule has 0 fully saturated rings. The Balaban J connectivity index is 2.19. The van der Waals surface area contributed by atoms with Gasteiger partial charge >= 0.3 is 5.22 Å². The lowest BCUT2D eigenvalue weighted by molar-refractivity contribution is 0.461. The summed E-state index contributed by atoms with van der Waals surface area (Å²) in [5.41, 5.74) is 4.41. The number of hydrogen-bond donors (Lipinski definition) is 0. The van der Waals surface area contributed by atoms with Gasteiger partial charge in [-0.25, -0.2) is 13.4 Å². The Morgan fingerprint density at radius 3 is 2.83 bits per heavy atom. The fourth-order valence-corrected chi connectivity index (χ4v) is 2.64. The van der Waals surface area contributed by atoms with Gasteiger partial charge in [0, 0.05) is 17.2 Å². The summed E-state index contributed by atoms with van der Waals surface area (Å²) in [7, 11) is -3.42. The molecule has 18 heavy (non-hydrogen) atoms. The van der Waals surface area contributed by atoms with Crippen molar-refractivity contribution in [3.8, 4) is 11.3 Å². The lowest BCUT2D eigenvalue weighted by Crippen LogP contribution is -1.96. The second-order valence-electron chi connectivity index (χ2n) is 3.81. The summed E-state index contributed by atoms with van der Waals surface area (Å²) < 4.78 is 27.9. The van der Waals surface area contributed by atoms with E-state index in [0.717, 1.165) is 17.5 Å². The molecule has 3 aromatic rings. The van der Waals surface area contributed by atoms with Crippen molar-refractivity contribution in [1.29, 1.82) is 0 Å². The first-order valence-corrected chi connectivity index (χ1v) is 7.87. The topological polar surface area (TPSA) is 73.1 Å². The van der Waals surface area contributed by atoms with Crippen LogP contribution in [0.3, 0.4) is 0 Å². The van der Waals surface area contributed by atoms with E-state index in [1.54, 1.807) is 17.6 Å². The monoisotopic (exact) mass is 280 g/mol. The number of rotatable bonds is 2. The highest BCUT2D eigenvalue weighted by Crippen LogP contribution is 2.25. The molecule has 0 aliphatic carbocycles. The van der Waals surface area contributed by atoms with Crippen molar-refractivity contribution < 1.29 is 12.8 Å². The van der Waals surface area contributed by atoms with E-state index in [9.17, 15) is 8.42 Å². The third-order valence-corrected chi connectivity index (χ3v) is 3.81. The molecule has 0 unspecified atom stereocenters. The van der Waals surface area contributed by atoms with Crippen LogP contribution in [-0.2, 0) is 9.84 Å². The van der Waals surface area contributed by atoms with E-state index in [0.29, 0.717) is 11.1 Å². The van der Waals surface area contributed by atoms with E-state index in [4.69, 9.17) is 4.42 Å². The summed E-state index contributed by atoms with van der Waals surface area (Å²) in [6, 6.07) is 5.31. The fourth-order valence-electron chi connectivity index (χ4n) is 1.58. The highest BCUT2D eigenvalue weighted by atomic mass is 32.2. The Hall–Kier alpha value is -1.73. The molecule has 0 saturated carbocycles. The van der Waals surface area contributed by atoms with Gasteiger partial charge in [0.1, 0.15) is 5.52 Å². The molecule has 0 spiro atoms. The Morgan fingerprint density at radius 2 is 2.17 bits per heavy atom. The molecule has 2 heterocycles. The van der Waals surface area contributed by atoms with Crippen LogP contribution in [0.5, 0.6) is 0 Å². The number of thiazole rings is 1. The van der Waals surface area contributed by atoms with Crippen molar-refractivity contribution >= 4 is 32.3 Å². The highest BCUT2D eigenvalue weighted by molar-refractivity contribution is 7.90. The van der Waals surface area contributed by atoms with Gasteiger partial charge in [0.25, 0.3) is 0 Å². The average molecular weight is 280 g/mol. The molecule has 0 saturated heterocycles. The van der Waals surface area contributed by atoms with Gasteiger partial charge in [-0.05, 0) is 12.1 Å². The smallest absolute Gasteiger partial charge is 0.315 e. The van der Waals surface area contributed by atoms with Crippen molar-refractivity contribution in [3.63, 3.8) is 0 Å². The zero-order valence-corrected chi connectivity index (χ0v) is 11.0. The standard InChI is InChI=1S/C11H8N2O3S2/c1-18(14,15)11-13-8-3-2-7(4-10(8)16-11)9-5-17-6-12-9/h2-6H,1H3. The molecule has 0 amide bonds. The number of aromatic nitrogens is 2. The molecular formula is C11H8N2O3S2. The van der Waals surface area contributed by atoms with Crippen LogP contribution in [0.25, 0.3) is 22.4 Å². The Bertz CT molecular complexity index is 804. The zero-order valence-electron chi connectivity index (χ0n) is 9.32. The van der Waals surface area contributed by atoms with Crippen LogP contribution >= 0.6 is 11.3 Å². The van der Waals surface area contributed by atoms with Crippen LogP contribution in [-0.4, -0.2) is 24.6 Å². The number of sulfone groups is 1. The largest absolute Gasteiger partial charge is 0.428 e. The molecule has 0 atom stereocenters. The first-order valence-electron chi connectivity index (χ1n) is 5.03. The van der Waals surface area contributed by atoms with Crippen molar-refractivity contribution in [1.82, 2.24) is 9.97 Å². The molecule has 1 aromatic carbocycles. The van der Waals surface area contributed by atoms with Gasteiger partial charge in [-0.15, -0.1) is 11.3 Å². The summed E-state index contributed by atoms with van der Waals surface area (Å²) in [4.78, 5) is 8.12. The maximum Gasteiger partial charge on any atom is 0.315 e. The van der Waals surface area contributed by atoms with Crippen LogP contribution in [0.4, 0.5) is 0 Å². The first kappa shape index (κ1) is 11.4. The summed E-state index contributed by atoms with van der Waals surface area (Å²) in [5, 5.41) is 1.66. The van der Waals surface area contributed by atoms with Crippen LogP contribution in [0.15, 0.2) is 38.7 Å². The number of fused-ring (bicyclic) bond motifs is 1. The Morgan fingerprint density at radius 1 is 1.33 bits per heavy atom. The van der Waals surface area contributed by atoms with E-state index in [2.05, 4.69) is 9.97 Å². The van der Waals surface area contributed by atoms with Gasteiger partial charge in [-0.3, -0.25) is 0 Å². The van der Waals surface area contributed by atoms with E-state index < -0.39 is 9.84 Å². The molecule has 92 valence electrons. The van der Waals surface area contributed by atoms with Crippen LogP contribution in [0.2, 0.25) is 0 Å². The predicted octanol–water partition coefficient (Wildman–Crippen LogP) is 2.35. The third kappa shape index (κ3) is 1.91. The number of nitrogens with zero attached hydrogens (tertiary/aromatic N) is 2. The van der Waals surface area contributed by atoms with E-state index in [1.165, 1.54) is 11.3 Å². The Labute approximate surface area is 107 Å². The lowest BCUT2D eigenvalue weighted by Gasteiger charge is -1.94. The summed E-state index contributed by atoms with van der Waals surface area (Å²) >= 11 is 1.50. The van der Waals surface area contributed by atoms with Gasteiger partial charge in [-0.1, -0.05) is 6.07 Å². The molecule has 0 N–H and O–H groups in total. The maximum atomic E-state index is 11.3. The van der Waals surface area contributed by atoms with Crippen molar-refractivity contribution in [3.05, 3.63) is 29.1 Å². The summed E-state index contributed by atoms with van der Waals surface area (Å²) in [6.07, 6.45) is 1.07. The van der Waals surface area contributed by atoms with Gasteiger partial charge in [0.2, 0.25) is 9.84 Å². The highest BCUT2D eigenvalue weighted by Gasteiger charge is 2.16. The van der Waals surface area contributed by atoms with Crippen LogP contribution in [0.1, 0.15) is 0 Å². The maximum absolute atomic E-state index is 11.3. The minimum atomic E-state index is -3.42. The molecular weight excluding hydrogens is 272 g/mol. The van der Waals surface area contributed by atoms with E-state index in [-0.39, 0.29) is 5.22 Å². The second kappa shape index (κ2) is 3.89. The molecule has 0 bridgehead atoms. The minimum Gasteiger partial charge on any atom is -0.428 e. The molecule has 0 aliphatic heterocycles. The van der Waals surface area contributed by atoms with Crippen LogP contribution in [0, 0.1) is 0 Å². The van der Waals surface area contributed by atoms with E-state index >= 15 is 0 Å². The Kier molecular flexibility index (Phi) is 2.46. The molecule has 0 radical (unpaired) electrons. The average Bonchev–Trinajstić information content (AvgIpc) is 2.96. The second-order valence-corrected chi connectivity index (χ2v) is 6.42. The first-order chi connectivity index (χ1) is 8.54. The number of hydrogen-bond acceptors (Lipinski definition) is 6.